The second-order valence-corrected chi connectivity index (χ2v) is 8.57. The predicted molar refractivity (Wildman–Crippen MR) is 114 cm³/mol. The van der Waals surface area contributed by atoms with Gasteiger partial charge in [-0.25, -0.2) is 8.78 Å². The molecule has 166 valence electrons. The Hall–Kier alpha value is -3.34. The summed E-state index contributed by atoms with van der Waals surface area (Å²) in [5.41, 5.74) is -0.442. The lowest BCUT2D eigenvalue weighted by molar-refractivity contribution is -0.384. The molecule has 1 aliphatic rings. The van der Waals surface area contributed by atoms with Crippen molar-refractivity contribution < 1.29 is 18.5 Å². The summed E-state index contributed by atoms with van der Waals surface area (Å²) in [4.78, 5) is 23.8. The molecular formula is C21H19F2N5O3S. The number of amides is 1. The van der Waals surface area contributed by atoms with Crippen LogP contribution in [0.2, 0.25) is 0 Å². The number of carbonyl (C=O) groups excluding carboxylic acids is 1. The van der Waals surface area contributed by atoms with Crippen LogP contribution in [0.3, 0.4) is 0 Å². The Morgan fingerprint density at radius 2 is 1.91 bits per heavy atom. The zero-order chi connectivity index (χ0) is 22.8. The van der Waals surface area contributed by atoms with Crippen LogP contribution in [0.15, 0.2) is 46.7 Å². The maximum atomic E-state index is 14.7. The molecule has 1 N–H and O–H groups in total. The number of non-ortho nitro benzene ring substituents is 1. The van der Waals surface area contributed by atoms with Crippen LogP contribution >= 0.6 is 11.8 Å². The highest BCUT2D eigenvalue weighted by atomic mass is 32.2. The van der Waals surface area contributed by atoms with E-state index in [-0.39, 0.29) is 17.2 Å². The highest BCUT2D eigenvalue weighted by Gasteiger charge is 2.24. The quantitative estimate of drug-likeness (QED) is 0.408. The van der Waals surface area contributed by atoms with Crippen LogP contribution in [-0.4, -0.2) is 25.6 Å². The Bertz CT molecular complexity index is 1170. The van der Waals surface area contributed by atoms with Crippen LogP contribution in [-0.2, 0) is 7.05 Å². The lowest BCUT2D eigenvalue weighted by Crippen LogP contribution is -2.16. The minimum absolute atomic E-state index is 0.106. The highest BCUT2D eigenvalue weighted by molar-refractivity contribution is 7.99. The Kier molecular flexibility index (Phi) is 6.17. The molecule has 11 heteroatoms. The first-order chi connectivity index (χ1) is 15.3. The Morgan fingerprint density at radius 1 is 1.22 bits per heavy atom. The van der Waals surface area contributed by atoms with Crippen molar-refractivity contribution in [2.24, 2.45) is 7.05 Å². The van der Waals surface area contributed by atoms with Gasteiger partial charge in [0.1, 0.15) is 23.6 Å². The minimum Gasteiger partial charge on any atom is -0.317 e. The van der Waals surface area contributed by atoms with Crippen molar-refractivity contribution in [3.05, 3.63) is 69.5 Å². The molecule has 1 heterocycles. The third-order valence-corrected chi connectivity index (χ3v) is 6.55. The summed E-state index contributed by atoms with van der Waals surface area (Å²) in [6.07, 6.45) is 5.25. The van der Waals surface area contributed by atoms with Crippen LogP contribution < -0.4 is 5.32 Å². The van der Waals surface area contributed by atoms with Crippen LogP contribution in [0, 0.1) is 21.7 Å². The number of carbonyl (C=O) groups is 1. The standard InChI is InChI=1S/C21H19F2N5O3S/c1-27-11-24-26-21(27)32-18-7-6-14(28(30)31)10-15(18)20(29)25-19-16(22)8-13(9-17(19)23)12-4-2-3-5-12/h6-12H,2-5H2,1H3,(H,25,29). The zero-order valence-corrected chi connectivity index (χ0v) is 17.9. The van der Waals surface area contributed by atoms with Gasteiger partial charge >= 0.3 is 0 Å². The van der Waals surface area contributed by atoms with E-state index >= 15 is 0 Å². The molecule has 0 saturated heterocycles. The van der Waals surface area contributed by atoms with Crippen molar-refractivity contribution in [2.45, 2.75) is 41.7 Å². The van der Waals surface area contributed by atoms with Gasteiger partial charge in [0.05, 0.1) is 10.5 Å². The summed E-state index contributed by atoms with van der Waals surface area (Å²) in [5.74, 6) is -2.53. The fourth-order valence-corrected chi connectivity index (χ4v) is 4.62. The zero-order valence-electron chi connectivity index (χ0n) is 17.0. The fourth-order valence-electron chi connectivity index (χ4n) is 3.75. The number of nitrogens with zero attached hydrogens (tertiary/aromatic N) is 4. The lowest BCUT2D eigenvalue weighted by Gasteiger charge is -2.14. The smallest absolute Gasteiger partial charge is 0.270 e. The molecule has 32 heavy (non-hydrogen) atoms. The third kappa shape index (κ3) is 4.47. The van der Waals surface area contributed by atoms with Gasteiger partial charge in [0, 0.05) is 24.1 Å². The van der Waals surface area contributed by atoms with Gasteiger partial charge in [0.25, 0.3) is 11.6 Å². The Morgan fingerprint density at radius 3 is 2.50 bits per heavy atom. The number of anilines is 1. The summed E-state index contributed by atoms with van der Waals surface area (Å²) in [7, 11) is 1.70. The number of nitro groups is 1. The first-order valence-corrected chi connectivity index (χ1v) is 10.8. The fraction of sp³-hybridized carbons (Fsp3) is 0.286. The molecule has 1 fully saturated rings. The van der Waals surface area contributed by atoms with E-state index in [0.717, 1.165) is 43.5 Å². The number of aromatic nitrogens is 3. The molecule has 1 aromatic heterocycles. The number of rotatable bonds is 6. The maximum Gasteiger partial charge on any atom is 0.270 e. The van der Waals surface area contributed by atoms with E-state index in [2.05, 4.69) is 15.5 Å². The summed E-state index contributed by atoms with van der Waals surface area (Å²) < 4.78 is 31.0. The highest BCUT2D eigenvalue weighted by Crippen LogP contribution is 2.37. The van der Waals surface area contributed by atoms with E-state index in [1.807, 2.05) is 0 Å². The summed E-state index contributed by atoms with van der Waals surface area (Å²) in [5, 5.41) is 21.6. The number of halogens is 2. The Balaban J connectivity index is 1.65. The SMILES string of the molecule is Cn1cnnc1Sc1ccc([N+](=O)[O-])cc1C(=O)Nc1c(F)cc(C2CCCC2)cc1F. The van der Waals surface area contributed by atoms with Gasteiger partial charge in [-0.1, -0.05) is 12.8 Å². The van der Waals surface area contributed by atoms with Gasteiger partial charge in [0.15, 0.2) is 5.16 Å². The van der Waals surface area contributed by atoms with E-state index in [0.29, 0.717) is 15.6 Å². The van der Waals surface area contributed by atoms with E-state index in [1.165, 1.54) is 30.6 Å². The van der Waals surface area contributed by atoms with Gasteiger partial charge in [0.2, 0.25) is 0 Å². The number of aryl methyl sites for hydroxylation is 1. The van der Waals surface area contributed by atoms with E-state index in [1.54, 1.807) is 11.6 Å². The average Bonchev–Trinajstić information content (AvgIpc) is 3.43. The predicted octanol–water partition coefficient (Wildman–Crippen LogP) is 5.06. The molecule has 0 unspecified atom stereocenters. The van der Waals surface area contributed by atoms with Crippen LogP contribution in [0.25, 0.3) is 0 Å². The molecule has 0 bridgehead atoms. The monoisotopic (exact) mass is 459 g/mol. The molecule has 0 aliphatic heterocycles. The van der Waals surface area contributed by atoms with Crippen LogP contribution in [0.4, 0.5) is 20.2 Å². The number of nitro benzene ring substituents is 1. The van der Waals surface area contributed by atoms with Gasteiger partial charge in [-0.3, -0.25) is 14.9 Å². The average molecular weight is 459 g/mol. The van der Waals surface area contributed by atoms with Crippen molar-refractivity contribution in [1.82, 2.24) is 14.8 Å². The van der Waals surface area contributed by atoms with Gasteiger partial charge in [-0.2, -0.15) is 0 Å². The van der Waals surface area contributed by atoms with Crippen molar-refractivity contribution in [3.63, 3.8) is 0 Å². The summed E-state index contributed by atoms with van der Waals surface area (Å²) in [6, 6.07) is 6.20. The normalized spacial score (nSPS) is 14.0. The number of hydrogen-bond acceptors (Lipinski definition) is 6. The molecule has 0 spiro atoms. The number of hydrogen-bond donors (Lipinski definition) is 1. The van der Waals surface area contributed by atoms with Crippen molar-refractivity contribution in [2.75, 3.05) is 5.32 Å². The van der Waals surface area contributed by atoms with E-state index < -0.39 is 28.2 Å². The second-order valence-electron chi connectivity index (χ2n) is 7.56. The first-order valence-electron chi connectivity index (χ1n) is 9.94. The molecular weight excluding hydrogens is 440 g/mol. The maximum absolute atomic E-state index is 14.7. The molecule has 0 atom stereocenters. The summed E-state index contributed by atoms with van der Waals surface area (Å²) >= 11 is 1.05. The summed E-state index contributed by atoms with van der Waals surface area (Å²) in [6.45, 7) is 0. The molecule has 8 nitrogen and oxygen atoms in total. The van der Waals surface area contributed by atoms with Crippen molar-refractivity contribution in [1.29, 1.82) is 0 Å². The van der Waals surface area contributed by atoms with Crippen molar-refractivity contribution in [3.8, 4) is 0 Å². The van der Waals surface area contributed by atoms with Gasteiger partial charge < -0.3 is 9.88 Å². The molecule has 2 aromatic carbocycles. The third-order valence-electron chi connectivity index (χ3n) is 5.42. The van der Waals surface area contributed by atoms with Gasteiger partial charge in [-0.15, -0.1) is 10.2 Å². The van der Waals surface area contributed by atoms with Crippen molar-refractivity contribution >= 4 is 29.0 Å². The number of nitrogens with one attached hydrogen (secondary N) is 1. The molecule has 1 amide bonds. The molecule has 4 rings (SSSR count). The molecule has 3 aromatic rings. The van der Waals surface area contributed by atoms with Crippen LogP contribution in [0.1, 0.15) is 47.5 Å². The van der Waals surface area contributed by atoms with E-state index in [4.69, 9.17) is 0 Å². The molecule has 1 saturated carbocycles. The Labute approximate surface area is 186 Å². The molecule has 0 radical (unpaired) electrons. The van der Waals surface area contributed by atoms with Crippen LogP contribution in [0.5, 0.6) is 0 Å². The molecule has 1 aliphatic carbocycles. The van der Waals surface area contributed by atoms with Gasteiger partial charge in [-0.05, 0) is 54.3 Å². The first kappa shape index (κ1) is 21.9. The topological polar surface area (TPSA) is 103 Å². The lowest BCUT2D eigenvalue weighted by atomic mass is 9.97. The minimum atomic E-state index is -0.881. The largest absolute Gasteiger partial charge is 0.317 e. The second kappa shape index (κ2) is 9.03. The van der Waals surface area contributed by atoms with E-state index in [9.17, 15) is 23.7 Å². The number of benzene rings is 2.